The molecule has 2 saturated carbocycles. The van der Waals surface area contributed by atoms with E-state index in [1.54, 1.807) is 18.2 Å². The summed E-state index contributed by atoms with van der Waals surface area (Å²) in [7, 11) is 4.06. The van der Waals surface area contributed by atoms with Crippen LogP contribution < -0.4 is 4.90 Å². The number of carbonyl (C=O) groups excluding carboxylic acids is 1. The van der Waals surface area contributed by atoms with Crippen LogP contribution in [0.25, 0.3) is 0 Å². The molecule has 6 rings (SSSR count). The number of nitrogens with zero attached hydrogens (tertiary/aromatic N) is 1. The molecule has 3 aliphatic carbocycles. The molecule has 4 aliphatic rings. The molecule has 1 aliphatic heterocycles. The van der Waals surface area contributed by atoms with Gasteiger partial charge in [0.25, 0.3) is 0 Å². The topological polar surface area (TPSA) is 49.8 Å². The van der Waals surface area contributed by atoms with E-state index in [9.17, 15) is 14.3 Å². The molecule has 0 bridgehead atoms. The van der Waals surface area contributed by atoms with E-state index in [0.29, 0.717) is 25.0 Å². The van der Waals surface area contributed by atoms with Gasteiger partial charge in [0.15, 0.2) is 5.78 Å². The number of fused-ring (bicyclic) bond motifs is 4. The average molecular weight is 512 g/mol. The first-order valence-electron chi connectivity index (χ1n) is 13.6. The number of benzene rings is 2. The highest BCUT2D eigenvalue weighted by molar-refractivity contribution is 5.93. The van der Waals surface area contributed by atoms with Gasteiger partial charge in [0.1, 0.15) is 11.4 Å². The number of hydrogen-bond acceptors (Lipinski definition) is 4. The number of anilines is 1. The molecule has 1 N–H and O–H groups in total. The van der Waals surface area contributed by atoms with Gasteiger partial charge in [-0.05, 0) is 90.3 Å². The molecule has 3 unspecified atom stereocenters. The van der Waals surface area contributed by atoms with Crippen molar-refractivity contribution in [3.63, 3.8) is 0 Å². The third kappa shape index (κ3) is 4.02. The van der Waals surface area contributed by atoms with E-state index in [1.165, 1.54) is 28.8 Å². The zero-order valence-corrected chi connectivity index (χ0v) is 22.3. The predicted octanol–water partition coefficient (Wildman–Crippen LogP) is 5.56. The predicted molar refractivity (Wildman–Crippen MR) is 146 cm³/mol. The molecule has 0 radical (unpaired) electrons. The van der Waals surface area contributed by atoms with Crippen LogP contribution in [-0.2, 0) is 9.53 Å². The van der Waals surface area contributed by atoms with Gasteiger partial charge >= 0.3 is 0 Å². The standard InChI is InChI=1S/C33H34FNO3/c1-32-19-28(22-7-9-25(10-8-22)35(2)3)30-27-12-11-26(36)18-23(27)20-38-31(30)29(32)14-16-33(32,37)15-13-21-5-4-6-24(34)17-21/h4-10,17-18,28-29,31,37H,11-12,14,16,19-20H2,1-3H3/t28?,29-,31?,32?,33-/m0/s1. The Hall–Kier alpha value is -3.20. The summed E-state index contributed by atoms with van der Waals surface area (Å²) < 4.78 is 20.4. The summed E-state index contributed by atoms with van der Waals surface area (Å²) in [5.74, 6) is 6.26. The minimum Gasteiger partial charge on any atom is -0.378 e. The highest BCUT2D eigenvalue weighted by atomic mass is 19.1. The summed E-state index contributed by atoms with van der Waals surface area (Å²) in [5, 5.41) is 12.1. The zero-order chi connectivity index (χ0) is 26.7. The highest BCUT2D eigenvalue weighted by Crippen LogP contribution is 2.64. The Morgan fingerprint density at radius 2 is 1.92 bits per heavy atom. The van der Waals surface area contributed by atoms with Crippen LogP contribution in [0.1, 0.15) is 56.1 Å². The largest absolute Gasteiger partial charge is 0.378 e. The number of rotatable bonds is 2. The second kappa shape index (κ2) is 9.22. The number of carbonyl (C=O) groups is 1. The van der Waals surface area contributed by atoms with E-state index < -0.39 is 11.0 Å². The quantitative estimate of drug-likeness (QED) is 0.536. The van der Waals surface area contributed by atoms with Gasteiger partial charge in [0.05, 0.1) is 12.7 Å². The van der Waals surface area contributed by atoms with Crippen LogP contribution in [0.2, 0.25) is 0 Å². The summed E-state index contributed by atoms with van der Waals surface area (Å²) >= 11 is 0. The molecular weight excluding hydrogens is 477 g/mol. The molecule has 4 nitrogen and oxygen atoms in total. The fraction of sp³-hybridized carbons (Fsp3) is 0.424. The normalized spacial score (nSPS) is 32.0. The number of ether oxygens (including phenoxy) is 1. The Kier molecular flexibility index (Phi) is 6.09. The lowest BCUT2D eigenvalue weighted by atomic mass is 9.55. The van der Waals surface area contributed by atoms with Gasteiger partial charge in [-0.15, -0.1) is 0 Å². The van der Waals surface area contributed by atoms with Crippen molar-refractivity contribution in [2.24, 2.45) is 11.3 Å². The lowest BCUT2D eigenvalue weighted by Crippen LogP contribution is -2.53. The summed E-state index contributed by atoms with van der Waals surface area (Å²) in [5.41, 5.74) is 4.74. The third-order valence-corrected chi connectivity index (χ3v) is 9.42. The molecule has 0 saturated heterocycles. The van der Waals surface area contributed by atoms with Gasteiger partial charge in [0.2, 0.25) is 0 Å². The van der Waals surface area contributed by atoms with Gasteiger partial charge < -0.3 is 14.7 Å². The van der Waals surface area contributed by atoms with Crippen molar-refractivity contribution >= 4 is 11.5 Å². The Morgan fingerprint density at radius 3 is 2.66 bits per heavy atom. The summed E-state index contributed by atoms with van der Waals surface area (Å²) in [6.45, 7) is 2.59. The molecule has 2 aromatic carbocycles. The minimum absolute atomic E-state index is 0.0463. The number of allylic oxidation sites excluding steroid dienone is 1. The van der Waals surface area contributed by atoms with Crippen LogP contribution in [0.5, 0.6) is 0 Å². The average Bonchev–Trinajstić information content (AvgIpc) is 3.17. The number of ketones is 1. The van der Waals surface area contributed by atoms with E-state index in [2.05, 4.69) is 47.9 Å². The van der Waals surface area contributed by atoms with E-state index in [-0.39, 0.29) is 29.5 Å². The summed E-state index contributed by atoms with van der Waals surface area (Å²) in [6.07, 6.45) is 5.01. The SMILES string of the molecule is CN(C)c1ccc(C2CC3(C)[C@@H](CC[C@@]3(O)C#Cc3cccc(F)c3)C3OCC4=CC(=O)CCC4=C23)cc1. The molecule has 5 atom stereocenters. The van der Waals surface area contributed by atoms with E-state index in [0.717, 1.165) is 30.5 Å². The van der Waals surface area contributed by atoms with Gasteiger partial charge in [-0.3, -0.25) is 4.79 Å². The first-order chi connectivity index (χ1) is 18.2. The Balaban J connectivity index is 1.46. The molecule has 5 heteroatoms. The van der Waals surface area contributed by atoms with Crippen molar-refractivity contribution in [1.82, 2.24) is 0 Å². The Labute approximate surface area is 224 Å². The first kappa shape index (κ1) is 25.1. The highest BCUT2D eigenvalue weighted by Gasteiger charge is 2.63. The summed E-state index contributed by atoms with van der Waals surface area (Å²) in [4.78, 5) is 14.3. The van der Waals surface area contributed by atoms with Crippen LogP contribution in [-0.4, -0.2) is 43.3 Å². The maximum absolute atomic E-state index is 13.8. The van der Waals surface area contributed by atoms with E-state index >= 15 is 0 Å². The maximum Gasteiger partial charge on any atom is 0.156 e. The van der Waals surface area contributed by atoms with Gasteiger partial charge in [0, 0.05) is 43.1 Å². The van der Waals surface area contributed by atoms with Crippen molar-refractivity contribution in [3.05, 3.63) is 88.3 Å². The molecule has 196 valence electrons. The summed E-state index contributed by atoms with van der Waals surface area (Å²) in [6, 6.07) is 14.9. The van der Waals surface area contributed by atoms with Gasteiger partial charge in [-0.1, -0.05) is 37.0 Å². The van der Waals surface area contributed by atoms with Gasteiger partial charge in [-0.25, -0.2) is 4.39 Å². The van der Waals surface area contributed by atoms with Crippen LogP contribution >= 0.6 is 0 Å². The molecule has 0 spiro atoms. The van der Waals surface area contributed by atoms with Gasteiger partial charge in [-0.2, -0.15) is 0 Å². The van der Waals surface area contributed by atoms with Crippen molar-refractivity contribution in [2.45, 2.75) is 56.7 Å². The van der Waals surface area contributed by atoms with E-state index in [4.69, 9.17) is 4.74 Å². The van der Waals surface area contributed by atoms with Crippen molar-refractivity contribution in [3.8, 4) is 11.8 Å². The number of aliphatic hydroxyl groups is 1. The monoisotopic (exact) mass is 511 g/mol. The van der Waals surface area contributed by atoms with Crippen LogP contribution in [0, 0.1) is 29.0 Å². The van der Waals surface area contributed by atoms with E-state index in [1.807, 2.05) is 14.1 Å². The number of hydrogen-bond donors (Lipinski definition) is 1. The Morgan fingerprint density at radius 1 is 1.13 bits per heavy atom. The van der Waals surface area contributed by atoms with Crippen LogP contribution in [0.15, 0.2) is 71.3 Å². The minimum atomic E-state index is -1.22. The van der Waals surface area contributed by atoms with Crippen molar-refractivity contribution < 1.29 is 19.0 Å². The lowest BCUT2D eigenvalue weighted by Gasteiger charge is -2.53. The molecule has 0 aromatic heterocycles. The molecule has 38 heavy (non-hydrogen) atoms. The van der Waals surface area contributed by atoms with Crippen molar-refractivity contribution in [1.29, 1.82) is 0 Å². The molecule has 0 amide bonds. The fourth-order valence-corrected chi connectivity index (χ4v) is 7.27. The first-order valence-corrected chi connectivity index (χ1v) is 13.6. The zero-order valence-electron chi connectivity index (χ0n) is 22.3. The second-order valence-electron chi connectivity index (χ2n) is 11.7. The third-order valence-electron chi connectivity index (χ3n) is 9.42. The number of halogens is 1. The Bertz CT molecular complexity index is 1410. The smallest absolute Gasteiger partial charge is 0.156 e. The fourth-order valence-electron chi connectivity index (χ4n) is 7.27. The van der Waals surface area contributed by atoms with Crippen LogP contribution in [0.3, 0.4) is 0 Å². The lowest BCUT2D eigenvalue weighted by molar-refractivity contribution is -0.115. The maximum atomic E-state index is 13.8. The second-order valence-corrected chi connectivity index (χ2v) is 11.7. The van der Waals surface area contributed by atoms with Crippen molar-refractivity contribution in [2.75, 3.05) is 25.6 Å². The molecule has 1 heterocycles. The molecule has 2 aromatic rings. The molecular formula is C33H34FNO3. The molecule has 2 fully saturated rings. The van der Waals surface area contributed by atoms with Crippen LogP contribution in [0.4, 0.5) is 10.1 Å².